The van der Waals surface area contributed by atoms with Crippen LogP contribution in [0, 0.1) is 0 Å². The minimum absolute atomic E-state index is 0.154. The predicted molar refractivity (Wildman–Crippen MR) is 99.7 cm³/mol. The van der Waals surface area contributed by atoms with Gasteiger partial charge in [0.1, 0.15) is 11.4 Å². The lowest BCUT2D eigenvalue weighted by molar-refractivity contribution is -0.133. The number of carbonyl (C=O) groups is 1. The van der Waals surface area contributed by atoms with Gasteiger partial charge in [-0.1, -0.05) is 24.3 Å². The lowest BCUT2D eigenvalue weighted by Crippen LogP contribution is -2.52. The molecule has 26 heavy (non-hydrogen) atoms. The van der Waals surface area contributed by atoms with Gasteiger partial charge in [0.05, 0.1) is 5.69 Å². The lowest BCUT2D eigenvalue weighted by atomic mass is 9.80. The first-order chi connectivity index (χ1) is 12.7. The van der Waals surface area contributed by atoms with Crippen LogP contribution < -0.4 is 10.1 Å². The van der Waals surface area contributed by atoms with Gasteiger partial charge in [0, 0.05) is 63.6 Å². The number of nitrogens with one attached hydrogen (secondary N) is 1. The third-order valence-electron chi connectivity index (χ3n) is 5.57. The number of hydrogen-bond donors (Lipinski definition) is 1. The third-order valence-corrected chi connectivity index (χ3v) is 5.57. The lowest BCUT2D eigenvalue weighted by Gasteiger charge is -2.47. The highest BCUT2D eigenvalue weighted by molar-refractivity contribution is 5.73. The van der Waals surface area contributed by atoms with Gasteiger partial charge in [-0.2, -0.15) is 0 Å². The zero-order valence-corrected chi connectivity index (χ0v) is 15.1. The molecule has 2 aliphatic heterocycles. The molecule has 0 unspecified atom stereocenters. The monoisotopic (exact) mass is 351 g/mol. The number of rotatable bonds is 3. The van der Waals surface area contributed by atoms with E-state index in [1.165, 1.54) is 5.56 Å². The first-order valence-electron chi connectivity index (χ1n) is 9.32. The molecule has 1 spiro atoms. The SMILES string of the molecule is CC(=O)N1CCC2(CC1)C[C@@H](NCc1ccccn1)c1ccccc1O2. The molecule has 1 aromatic heterocycles. The van der Waals surface area contributed by atoms with Crippen LogP contribution in [0.2, 0.25) is 0 Å². The molecule has 5 nitrogen and oxygen atoms in total. The first kappa shape index (κ1) is 17.0. The second-order valence-corrected chi connectivity index (χ2v) is 7.29. The van der Waals surface area contributed by atoms with E-state index in [0.717, 1.165) is 50.3 Å². The Balaban J connectivity index is 1.53. The Morgan fingerprint density at radius 3 is 2.73 bits per heavy atom. The van der Waals surface area contributed by atoms with Crippen LogP contribution in [0.25, 0.3) is 0 Å². The van der Waals surface area contributed by atoms with Gasteiger partial charge in [-0.25, -0.2) is 0 Å². The van der Waals surface area contributed by atoms with Crippen molar-refractivity contribution in [3.8, 4) is 5.75 Å². The Bertz CT molecular complexity index is 770. The molecule has 2 aliphatic rings. The number of carbonyl (C=O) groups excluding carboxylic acids is 1. The molecule has 0 aliphatic carbocycles. The standard InChI is InChI=1S/C21H25N3O2/c1-16(25)24-12-9-21(10-13-24)14-19(18-7-2-3-8-20(18)26-21)23-15-17-6-4-5-11-22-17/h2-8,11,19,23H,9-10,12-15H2,1H3/t19-/m1/s1. The average Bonchev–Trinajstić information content (AvgIpc) is 2.67. The van der Waals surface area contributed by atoms with Crippen LogP contribution in [0.15, 0.2) is 48.7 Å². The maximum Gasteiger partial charge on any atom is 0.219 e. The maximum atomic E-state index is 11.7. The third kappa shape index (κ3) is 3.44. The van der Waals surface area contributed by atoms with E-state index in [1.54, 1.807) is 6.92 Å². The van der Waals surface area contributed by atoms with Crippen molar-refractivity contribution in [2.24, 2.45) is 0 Å². The van der Waals surface area contributed by atoms with Crippen molar-refractivity contribution in [3.63, 3.8) is 0 Å². The molecule has 1 saturated heterocycles. The van der Waals surface area contributed by atoms with Crippen molar-refractivity contribution >= 4 is 5.91 Å². The Labute approximate surface area is 154 Å². The summed E-state index contributed by atoms with van der Waals surface area (Å²) in [5.74, 6) is 1.12. The van der Waals surface area contributed by atoms with E-state index in [1.807, 2.05) is 35.4 Å². The fraction of sp³-hybridized carbons (Fsp3) is 0.429. The van der Waals surface area contributed by atoms with E-state index in [-0.39, 0.29) is 17.6 Å². The summed E-state index contributed by atoms with van der Waals surface area (Å²) in [6, 6.07) is 14.5. The molecule has 1 aromatic carbocycles. The van der Waals surface area contributed by atoms with E-state index >= 15 is 0 Å². The van der Waals surface area contributed by atoms with E-state index in [9.17, 15) is 4.79 Å². The van der Waals surface area contributed by atoms with Gasteiger partial charge in [-0.15, -0.1) is 0 Å². The second-order valence-electron chi connectivity index (χ2n) is 7.29. The highest BCUT2D eigenvalue weighted by Crippen LogP contribution is 2.44. The Morgan fingerprint density at radius 1 is 1.23 bits per heavy atom. The number of aromatic nitrogens is 1. The number of para-hydroxylation sites is 1. The molecule has 0 bridgehead atoms. The van der Waals surface area contributed by atoms with E-state index in [0.29, 0.717) is 0 Å². The minimum atomic E-state index is -0.192. The summed E-state index contributed by atoms with van der Waals surface area (Å²) in [6.07, 6.45) is 4.50. The Morgan fingerprint density at radius 2 is 2.00 bits per heavy atom. The number of pyridine rings is 1. The summed E-state index contributed by atoms with van der Waals surface area (Å²) in [5.41, 5.74) is 2.06. The average molecular weight is 351 g/mol. The van der Waals surface area contributed by atoms with Crippen molar-refractivity contribution in [2.75, 3.05) is 13.1 Å². The Hall–Kier alpha value is -2.40. The van der Waals surface area contributed by atoms with Gasteiger partial charge in [0.25, 0.3) is 0 Å². The van der Waals surface area contributed by atoms with Crippen LogP contribution in [0.1, 0.15) is 43.5 Å². The van der Waals surface area contributed by atoms with Gasteiger partial charge >= 0.3 is 0 Å². The predicted octanol–water partition coefficient (Wildman–Crippen LogP) is 3.08. The Kier molecular flexibility index (Phi) is 4.64. The number of piperidine rings is 1. The van der Waals surface area contributed by atoms with Gasteiger partial charge in [-0.05, 0) is 18.2 Å². The van der Waals surface area contributed by atoms with Gasteiger partial charge in [0.2, 0.25) is 5.91 Å². The summed E-state index contributed by atoms with van der Waals surface area (Å²) in [4.78, 5) is 18.0. The summed E-state index contributed by atoms with van der Waals surface area (Å²) in [7, 11) is 0. The molecule has 0 saturated carbocycles. The maximum absolute atomic E-state index is 11.7. The van der Waals surface area contributed by atoms with Crippen molar-refractivity contribution in [2.45, 2.75) is 44.4 Å². The zero-order valence-electron chi connectivity index (χ0n) is 15.1. The smallest absolute Gasteiger partial charge is 0.219 e. The normalized spacial score (nSPS) is 21.1. The number of hydrogen-bond acceptors (Lipinski definition) is 4. The number of nitrogens with zero attached hydrogens (tertiary/aromatic N) is 2. The molecule has 0 radical (unpaired) electrons. The molecule has 2 aromatic rings. The van der Waals surface area contributed by atoms with Crippen LogP contribution in [0.4, 0.5) is 0 Å². The van der Waals surface area contributed by atoms with E-state index in [2.05, 4.69) is 28.5 Å². The molecule has 4 rings (SSSR count). The van der Waals surface area contributed by atoms with Crippen LogP contribution >= 0.6 is 0 Å². The highest BCUT2D eigenvalue weighted by Gasteiger charge is 2.43. The molecular formula is C21H25N3O2. The van der Waals surface area contributed by atoms with E-state index < -0.39 is 0 Å². The number of amides is 1. The van der Waals surface area contributed by atoms with Crippen LogP contribution in [0.5, 0.6) is 5.75 Å². The van der Waals surface area contributed by atoms with Crippen LogP contribution in [-0.2, 0) is 11.3 Å². The largest absolute Gasteiger partial charge is 0.487 e. The summed E-state index contributed by atoms with van der Waals surface area (Å²) >= 11 is 0. The van der Waals surface area contributed by atoms with Gasteiger partial charge in [0.15, 0.2) is 0 Å². The first-order valence-corrected chi connectivity index (χ1v) is 9.32. The van der Waals surface area contributed by atoms with Crippen molar-refractivity contribution in [3.05, 3.63) is 59.9 Å². The van der Waals surface area contributed by atoms with Crippen molar-refractivity contribution in [1.29, 1.82) is 0 Å². The van der Waals surface area contributed by atoms with Crippen molar-refractivity contribution in [1.82, 2.24) is 15.2 Å². The zero-order chi connectivity index (χ0) is 18.0. The number of likely N-dealkylation sites (tertiary alicyclic amines) is 1. The van der Waals surface area contributed by atoms with Gasteiger partial charge in [-0.3, -0.25) is 9.78 Å². The molecule has 1 fully saturated rings. The summed E-state index contributed by atoms with van der Waals surface area (Å²) in [5, 5.41) is 3.68. The number of benzene rings is 1. The quantitative estimate of drug-likeness (QED) is 0.923. The molecular weight excluding hydrogens is 326 g/mol. The number of fused-ring (bicyclic) bond motifs is 1. The molecule has 1 amide bonds. The van der Waals surface area contributed by atoms with Crippen LogP contribution in [0.3, 0.4) is 0 Å². The fourth-order valence-corrected chi connectivity index (χ4v) is 4.07. The molecule has 3 heterocycles. The topological polar surface area (TPSA) is 54.5 Å². The second kappa shape index (κ2) is 7.08. The minimum Gasteiger partial charge on any atom is -0.487 e. The summed E-state index contributed by atoms with van der Waals surface area (Å²) < 4.78 is 6.48. The van der Waals surface area contributed by atoms with E-state index in [4.69, 9.17) is 4.74 Å². The van der Waals surface area contributed by atoms with Gasteiger partial charge < -0.3 is 15.0 Å². The summed E-state index contributed by atoms with van der Waals surface area (Å²) in [6.45, 7) is 3.91. The number of ether oxygens (including phenoxy) is 1. The fourth-order valence-electron chi connectivity index (χ4n) is 4.07. The highest BCUT2D eigenvalue weighted by atomic mass is 16.5. The van der Waals surface area contributed by atoms with Crippen molar-refractivity contribution < 1.29 is 9.53 Å². The molecule has 136 valence electrons. The van der Waals surface area contributed by atoms with Crippen LogP contribution in [-0.4, -0.2) is 34.5 Å². The molecule has 1 atom stereocenters. The molecule has 5 heteroatoms. The molecule has 1 N–H and O–H groups in total.